The number of carbonyl (C=O) groups is 1. The van der Waals surface area contributed by atoms with Crippen LogP contribution in [0.3, 0.4) is 0 Å². The predicted molar refractivity (Wildman–Crippen MR) is 87.8 cm³/mol. The fourth-order valence-corrected chi connectivity index (χ4v) is 3.44. The standard InChI is InChI=1S/C18H24F2N2O3/c19-13-1-2-15(16(20)11-13)18(12-9-14(23)10-12)21-17(24)3-4-22-5-7-25-8-6-22/h1-2,11-12,14,18,23H,3-10H2,(H,21,24). The van der Waals surface area contributed by atoms with Crippen molar-refractivity contribution in [2.45, 2.75) is 31.4 Å². The second kappa shape index (κ2) is 8.21. The Balaban J connectivity index is 1.62. The van der Waals surface area contributed by atoms with E-state index in [4.69, 9.17) is 4.74 Å². The van der Waals surface area contributed by atoms with Gasteiger partial charge in [0.2, 0.25) is 5.91 Å². The molecule has 2 N–H and O–H groups in total. The van der Waals surface area contributed by atoms with E-state index in [0.29, 0.717) is 39.0 Å². The molecule has 0 bridgehead atoms. The van der Waals surface area contributed by atoms with E-state index in [2.05, 4.69) is 10.2 Å². The van der Waals surface area contributed by atoms with Gasteiger partial charge in [-0.15, -0.1) is 0 Å². The molecular weight excluding hydrogens is 330 g/mol. The third kappa shape index (κ3) is 4.74. The van der Waals surface area contributed by atoms with Gasteiger partial charge in [-0.2, -0.15) is 0 Å². The first-order valence-electron chi connectivity index (χ1n) is 8.75. The average Bonchev–Trinajstić information content (AvgIpc) is 2.57. The molecule has 1 aliphatic heterocycles. The number of nitrogens with zero attached hydrogens (tertiary/aromatic N) is 1. The first-order chi connectivity index (χ1) is 12.0. The molecule has 7 heteroatoms. The third-order valence-electron chi connectivity index (χ3n) is 4.99. The smallest absolute Gasteiger partial charge is 0.221 e. The van der Waals surface area contributed by atoms with Crippen LogP contribution in [0.2, 0.25) is 0 Å². The second-order valence-corrected chi connectivity index (χ2v) is 6.80. The van der Waals surface area contributed by atoms with E-state index in [9.17, 15) is 18.7 Å². The molecule has 1 heterocycles. The van der Waals surface area contributed by atoms with Crippen molar-refractivity contribution >= 4 is 5.91 Å². The van der Waals surface area contributed by atoms with Gasteiger partial charge >= 0.3 is 0 Å². The number of carbonyl (C=O) groups excluding carboxylic acids is 1. The Morgan fingerprint density at radius 3 is 2.68 bits per heavy atom. The quantitative estimate of drug-likeness (QED) is 0.815. The van der Waals surface area contributed by atoms with E-state index in [0.717, 1.165) is 19.2 Å². The lowest BCUT2D eigenvalue weighted by atomic mass is 9.75. The van der Waals surface area contributed by atoms with Crippen LogP contribution in [0.15, 0.2) is 18.2 Å². The highest BCUT2D eigenvalue weighted by atomic mass is 19.1. The number of nitrogens with one attached hydrogen (secondary N) is 1. The van der Waals surface area contributed by atoms with Crippen molar-refractivity contribution < 1.29 is 23.4 Å². The maximum atomic E-state index is 14.2. The summed E-state index contributed by atoms with van der Waals surface area (Å²) in [4.78, 5) is 14.5. The summed E-state index contributed by atoms with van der Waals surface area (Å²) in [6, 6.07) is 2.86. The van der Waals surface area contributed by atoms with Crippen molar-refractivity contribution in [1.82, 2.24) is 10.2 Å². The largest absolute Gasteiger partial charge is 0.393 e. The number of morpholine rings is 1. The van der Waals surface area contributed by atoms with Crippen LogP contribution in [0, 0.1) is 17.6 Å². The SMILES string of the molecule is O=C(CCN1CCOCC1)NC(c1ccc(F)cc1F)C1CC(O)C1. The van der Waals surface area contributed by atoms with Crippen LogP contribution in [-0.4, -0.2) is 54.9 Å². The lowest BCUT2D eigenvalue weighted by Gasteiger charge is -2.38. The Morgan fingerprint density at radius 2 is 2.04 bits per heavy atom. The van der Waals surface area contributed by atoms with Gasteiger partial charge in [0.05, 0.1) is 25.4 Å². The molecule has 1 atom stereocenters. The van der Waals surface area contributed by atoms with Gasteiger partial charge in [0.25, 0.3) is 0 Å². The molecule has 1 aromatic carbocycles. The maximum absolute atomic E-state index is 14.2. The zero-order valence-electron chi connectivity index (χ0n) is 14.1. The molecular formula is C18H24F2N2O3. The third-order valence-corrected chi connectivity index (χ3v) is 4.99. The molecule has 138 valence electrons. The van der Waals surface area contributed by atoms with Crippen LogP contribution in [-0.2, 0) is 9.53 Å². The van der Waals surface area contributed by atoms with Crippen LogP contribution in [0.4, 0.5) is 8.78 Å². The van der Waals surface area contributed by atoms with Gasteiger partial charge in [-0.3, -0.25) is 9.69 Å². The molecule has 5 nitrogen and oxygen atoms in total. The summed E-state index contributed by atoms with van der Waals surface area (Å²) >= 11 is 0. The summed E-state index contributed by atoms with van der Waals surface area (Å²) < 4.78 is 32.6. The van der Waals surface area contributed by atoms with Gasteiger partial charge in [0.1, 0.15) is 11.6 Å². The molecule has 1 saturated carbocycles. The van der Waals surface area contributed by atoms with Gasteiger partial charge in [-0.1, -0.05) is 6.07 Å². The molecule has 3 rings (SSSR count). The molecule has 1 amide bonds. The minimum atomic E-state index is -0.667. The molecule has 1 aliphatic carbocycles. The van der Waals surface area contributed by atoms with Gasteiger partial charge in [-0.25, -0.2) is 8.78 Å². The Labute approximate surface area is 146 Å². The molecule has 0 spiro atoms. The lowest BCUT2D eigenvalue weighted by Crippen LogP contribution is -2.43. The topological polar surface area (TPSA) is 61.8 Å². The molecule has 0 radical (unpaired) electrons. The first-order valence-corrected chi connectivity index (χ1v) is 8.75. The zero-order chi connectivity index (χ0) is 17.8. The number of aliphatic hydroxyl groups excluding tert-OH is 1. The predicted octanol–water partition coefficient (Wildman–Crippen LogP) is 1.62. The van der Waals surface area contributed by atoms with Crippen molar-refractivity contribution in [2.24, 2.45) is 5.92 Å². The Bertz CT molecular complexity index is 602. The van der Waals surface area contributed by atoms with E-state index in [1.807, 2.05) is 0 Å². The van der Waals surface area contributed by atoms with E-state index >= 15 is 0 Å². The van der Waals surface area contributed by atoms with Crippen LogP contribution in [0.5, 0.6) is 0 Å². The summed E-state index contributed by atoms with van der Waals surface area (Å²) in [5.74, 6) is -1.52. The van der Waals surface area contributed by atoms with Crippen LogP contribution >= 0.6 is 0 Å². The summed E-state index contributed by atoms with van der Waals surface area (Å²) in [7, 11) is 0. The summed E-state index contributed by atoms with van der Waals surface area (Å²) in [6.45, 7) is 3.58. The number of halogens is 2. The number of amides is 1. The summed E-state index contributed by atoms with van der Waals surface area (Å²) in [5.41, 5.74) is 0.276. The van der Waals surface area contributed by atoms with E-state index in [1.165, 1.54) is 12.1 Å². The number of hydrogen-bond donors (Lipinski definition) is 2. The van der Waals surface area contributed by atoms with Crippen LogP contribution in [0.25, 0.3) is 0 Å². The van der Waals surface area contributed by atoms with Crippen molar-refractivity contribution in [3.05, 3.63) is 35.4 Å². The highest BCUT2D eigenvalue weighted by Crippen LogP contribution is 2.39. The Morgan fingerprint density at radius 1 is 1.32 bits per heavy atom. The van der Waals surface area contributed by atoms with Crippen molar-refractivity contribution in [2.75, 3.05) is 32.8 Å². The van der Waals surface area contributed by atoms with E-state index in [-0.39, 0.29) is 17.4 Å². The van der Waals surface area contributed by atoms with Gasteiger partial charge < -0.3 is 15.2 Å². The molecule has 2 aliphatic rings. The van der Waals surface area contributed by atoms with E-state index < -0.39 is 23.8 Å². The second-order valence-electron chi connectivity index (χ2n) is 6.80. The monoisotopic (exact) mass is 354 g/mol. The molecule has 1 saturated heterocycles. The Hall–Kier alpha value is -1.57. The average molecular weight is 354 g/mol. The highest BCUT2D eigenvalue weighted by Gasteiger charge is 2.36. The van der Waals surface area contributed by atoms with Crippen LogP contribution < -0.4 is 5.32 Å². The number of aliphatic hydroxyl groups is 1. The molecule has 2 fully saturated rings. The normalized spacial score (nSPS) is 25.2. The minimum absolute atomic E-state index is 0.0395. The fourth-order valence-electron chi connectivity index (χ4n) is 3.44. The van der Waals surface area contributed by atoms with Crippen molar-refractivity contribution in [3.8, 4) is 0 Å². The first kappa shape index (κ1) is 18.2. The zero-order valence-corrected chi connectivity index (χ0v) is 14.1. The van der Waals surface area contributed by atoms with Gasteiger partial charge in [0, 0.05) is 37.7 Å². The molecule has 0 aromatic heterocycles. The maximum Gasteiger partial charge on any atom is 0.221 e. The highest BCUT2D eigenvalue weighted by molar-refractivity contribution is 5.76. The van der Waals surface area contributed by atoms with Crippen LogP contribution in [0.1, 0.15) is 30.9 Å². The number of ether oxygens (including phenoxy) is 1. The van der Waals surface area contributed by atoms with Gasteiger partial charge in [0.15, 0.2) is 0 Å². The number of rotatable bonds is 6. The lowest BCUT2D eigenvalue weighted by molar-refractivity contribution is -0.123. The fraction of sp³-hybridized carbons (Fsp3) is 0.611. The van der Waals surface area contributed by atoms with Gasteiger partial charge in [-0.05, 0) is 24.8 Å². The molecule has 1 aromatic rings. The number of hydrogen-bond acceptors (Lipinski definition) is 4. The summed E-state index contributed by atoms with van der Waals surface area (Å²) in [5, 5.41) is 12.4. The number of benzene rings is 1. The molecule has 1 unspecified atom stereocenters. The van der Waals surface area contributed by atoms with Crippen molar-refractivity contribution in [1.29, 1.82) is 0 Å². The van der Waals surface area contributed by atoms with E-state index in [1.54, 1.807) is 0 Å². The molecule has 25 heavy (non-hydrogen) atoms. The summed E-state index contributed by atoms with van der Waals surface area (Å²) in [6.07, 6.45) is 0.909. The Kier molecular flexibility index (Phi) is 5.98. The van der Waals surface area contributed by atoms with Crippen molar-refractivity contribution in [3.63, 3.8) is 0 Å². The minimum Gasteiger partial charge on any atom is -0.393 e.